The molecule has 0 aliphatic heterocycles. The molecule has 1 N–H and O–H groups in total. The number of rotatable bonds is 3. The van der Waals surface area contributed by atoms with Crippen LogP contribution in [0.5, 0.6) is 0 Å². The summed E-state index contributed by atoms with van der Waals surface area (Å²) < 4.78 is 0. The summed E-state index contributed by atoms with van der Waals surface area (Å²) in [7, 11) is 0. The van der Waals surface area contributed by atoms with Gasteiger partial charge in [0.15, 0.2) is 0 Å². The van der Waals surface area contributed by atoms with Gasteiger partial charge in [-0.25, -0.2) is 17.1 Å². The molecule has 0 atom stereocenters. The maximum atomic E-state index is 12.8. The molecule has 0 aromatic heterocycles. The Hall–Kier alpha value is -2.62. The number of hydrogen-bond acceptors (Lipinski definition) is 3. The number of nitrogens with zero attached hydrogens (tertiary/aromatic N) is 1. The molecule has 2 aromatic rings. The van der Waals surface area contributed by atoms with Crippen LogP contribution in [0.1, 0.15) is 36.7 Å². The van der Waals surface area contributed by atoms with E-state index in [1.807, 2.05) is 76.2 Å². The number of aryl methyl sites for hydroxylation is 1. The van der Waals surface area contributed by atoms with Gasteiger partial charge in [-0.2, -0.15) is 18.2 Å². The van der Waals surface area contributed by atoms with E-state index >= 15 is 0 Å². The normalized spacial score (nSPS) is 11.9. The molecule has 1 aliphatic carbocycles. The smallest absolute Gasteiger partial charge is 0.859 e. The van der Waals surface area contributed by atoms with Crippen molar-refractivity contribution in [2.75, 3.05) is 0 Å². The zero-order valence-corrected chi connectivity index (χ0v) is 17.7. The molecule has 3 rings (SSSR count). The van der Waals surface area contributed by atoms with E-state index < -0.39 is 5.54 Å². The van der Waals surface area contributed by atoms with Crippen molar-refractivity contribution in [2.45, 2.75) is 33.2 Å². The molecule has 0 heterocycles. The van der Waals surface area contributed by atoms with Crippen LogP contribution >= 0.6 is 0 Å². The van der Waals surface area contributed by atoms with Crippen molar-refractivity contribution in [3.05, 3.63) is 101 Å². The number of nitrogens with one attached hydrogen (secondary N) is 1. The number of carbonyl (C=O) groups is 1. The SMILES string of the molecule is Cc1cccc(C(=O)N(NC([O-])=C2C=CC=C2)C(C)(C)C)c1.[Fe+2].c1cc[cH-]c1. The Morgan fingerprint density at radius 3 is 2.14 bits per heavy atom. The third kappa shape index (κ3) is 6.84. The van der Waals surface area contributed by atoms with E-state index in [0.29, 0.717) is 11.1 Å². The summed E-state index contributed by atoms with van der Waals surface area (Å²) in [6.07, 6.45) is 7.01. The van der Waals surface area contributed by atoms with Gasteiger partial charge in [-0.1, -0.05) is 42.0 Å². The van der Waals surface area contributed by atoms with Gasteiger partial charge in [-0.05, 0) is 51.3 Å². The Kier molecular flexibility index (Phi) is 8.90. The van der Waals surface area contributed by atoms with E-state index in [1.54, 1.807) is 30.4 Å². The summed E-state index contributed by atoms with van der Waals surface area (Å²) in [6.45, 7) is 7.57. The van der Waals surface area contributed by atoms with Crippen molar-refractivity contribution in [2.24, 2.45) is 0 Å². The fraction of sp³-hybridized carbons (Fsp3) is 0.217. The quantitative estimate of drug-likeness (QED) is 0.357. The molecule has 0 saturated carbocycles. The van der Waals surface area contributed by atoms with Crippen LogP contribution in [0.3, 0.4) is 0 Å². The van der Waals surface area contributed by atoms with Crippen molar-refractivity contribution in [3.8, 4) is 0 Å². The Bertz CT molecular complexity index is 813. The van der Waals surface area contributed by atoms with Gasteiger partial charge >= 0.3 is 17.1 Å². The van der Waals surface area contributed by atoms with E-state index in [0.717, 1.165) is 5.56 Å². The minimum Gasteiger partial charge on any atom is -0.859 e. The maximum absolute atomic E-state index is 12.8. The van der Waals surface area contributed by atoms with Gasteiger partial charge in [0.25, 0.3) is 5.91 Å². The molecule has 0 spiro atoms. The second-order valence-electron chi connectivity index (χ2n) is 7.26. The number of allylic oxidation sites excluding steroid dienone is 5. The maximum Gasteiger partial charge on any atom is 2.00 e. The molecule has 0 radical (unpaired) electrons. The van der Waals surface area contributed by atoms with Gasteiger partial charge in [0.1, 0.15) is 0 Å². The predicted octanol–water partition coefficient (Wildman–Crippen LogP) is 3.84. The van der Waals surface area contributed by atoms with Crippen molar-refractivity contribution in [1.29, 1.82) is 0 Å². The Balaban J connectivity index is 0.000000567. The summed E-state index contributed by atoms with van der Waals surface area (Å²) in [5.41, 5.74) is 4.27. The molecule has 0 saturated heterocycles. The molecule has 1 aliphatic rings. The fourth-order valence-corrected chi connectivity index (χ4v) is 2.44. The van der Waals surface area contributed by atoms with Crippen LogP contribution in [0, 0.1) is 6.92 Å². The van der Waals surface area contributed by atoms with Crippen LogP contribution in [-0.4, -0.2) is 16.5 Å². The van der Waals surface area contributed by atoms with Crippen LogP contribution in [0.25, 0.3) is 0 Å². The molecule has 148 valence electrons. The average molecular weight is 418 g/mol. The molecule has 1 amide bonds. The summed E-state index contributed by atoms with van der Waals surface area (Å²) in [5.74, 6) is -0.517. The van der Waals surface area contributed by atoms with Crippen LogP contribution < -0.4 is 10.5 Å². The molecule has 4 nitrogen and oxygen atoms in total. The number of carbonyl (C=O) groups excluding carboxylic acids is 1. The second-order valence-corrected chi connectivity index (χ2v) is 7.26. The summed E-state index contributed by atoms with van der Waals surface area (Å²) in [5, 5.41) is 13.6. The van der Waals surface area contributed by atoms with Gasteiger partial charge in [0, 0.05) is 5.56 Å². The molecule has 0 fully saturated rings. The zero-order valence-electron chi connectivity index (χ0n) is 16.6. The van der Waals surface area contributed by atoms with Crippen LogP contribution in [-0.2, 0) is 17.1 Å². The molecular formula is C23H26FeN2O2. The third-order valence-corrected chi connectivity index (χ3v) is 3.83. The van der Waals surface area contributed by atoms with Crippen molar-refractivity contribution >= 4 is 5.91 Å². The number of benzene rings is 1. The third-order valence-electron chi connectivity index (χ3n) is 3.83. The summed E-state index contributed by atoms with van der Waals surface area (Å²) >= 11 is 0. The van der Waals surface area contributed by atoms with Gasteiger partial charge in [-0.3, -0.25) is 4.79 Å². The topological polar surface area (TPSA) is 55.4 Å². The number of amides is 1. The Morgan fingerprint density at radius 2 is 1.68 bits per heavy atom. The number of hydrazine groups is 1. The molecule has 2 aromatic carbocycles. The summed E-state index contributed by atoms with van der Waals surface area (Å²) in [4.78, 5) is 12.8. The van der Waals surface area contributed by atoms with E-state index in [2.05, 4.69) is 5.43 Å². The second kappa shape index (κ2) is 10.6. The molecular weight excluding hydrogens is 392 g/mol. The van der Waals surface area contributed by atoms with Gasteiger partial charge < -0.3 is 10.5 Å². The van der Waals surface area contributed by atoms with Gasteiger partial charge in [-0.15, -0.1) is 0 Å². The summed E-state index contributed by atoms with van der Waals surface area (Å²) in [6, 6.07) is 17.3. The Morgan fingerprint density at radius 1 is 1.07 bits per heavy atom. The van der Waals surface area contributed by atoms with Crippen molar-refractivity contribution in [3.63, 3.8) is 0 Å². The minimum atomic E-state index is -0.539. The fourth-order valence-electron chi connectivity index (χ4n) is 2.44. The largest absolute Gasteiger partial charge is 2.00 e. The van der Waals surface area contributed by atoms with Gasteiger partial charge in [0.2, 0.25) is 0 Å². The van der Waals surface area contributed by atoms with E-state index in [1.165, 1.54) is 5.01 Å². The monoisotopic (exact) mass is 418 g/mol. The van der Waals surface area contributed by atoms with Crippen LogP contribution in [0.2, 0.25) is 0 Å². The average Bonchev–Trinajstić information content (AvgIpc) is 3.34. The first-order valence-corrected chi connectivity index (χ1v) is 8.89. The predicted molar refractivity (Wildman–Crippen MR) is 108 cm³/mol. The van der Waals surface area contributed by atoms with Crippen LogP contribution in [0.4, 0.5) is 0 Å². The first-order valence-electron chi connectivity index (χ1n) is 8.89. The molecule has 5 heteroatoms. The van der Waals surface area contributed by atoms with E-state index in [9.17, 15) is 9.90 Å². The van der Waals surface area contributed by atoms with E-state index in [4.69, 9.17) is 0 Å². The van der Waals surface area contributed by atoms with Crippen LogP contribution in [0.15, 0.2) is 90.4 Å². The first kappa shape index (κ1) is 23.4. The Labute approximate surface area is 178 Å². The van der Waals surface area contributed by atoms with E-state index in [-0.39, 0.29) is 28.9 Å². The minimum absolute atomic E-state index is 0. The standard InChI is InChI=1S/C18H22N2O2.C5H5.Fe/c1-13-8-7-11-15(12-13)17(22)20(18(2,3)4)19-16(21)14-9-5-6-10-14;1-2-4-5-3-1;/h5-12,19,21H,1-4H3;1-5H;/q;-1;+2/p-1. The first-order chi connectivity index (χ1) is 12.8. The van der Waals surface area contributed by atoms with Crippen molar-refractivity contribution < 1.29 is 27.0 Å². The number of hydrogen-bond donors (Lipinski definition) is 1. The molecule has 0 unspecified atom stereocenters. The van der Waals surface area contributed by atoms with Gasteiger partial charge in [0.05, 0.1) is 5.54 Å². The molecule has 28 heavy (non-hydrogen) atoms. The molecule has 0 bridgehead atoms. The zero-order chi connectivity index (χ0) is 19.9. The van der Waals surface area contributed by atoms with Crippen molar-refractivity contribution in [1.82, 2.24) is 10.4 Å².